The molecule has 0 aliphatic rings. The van der Waals surface area contributed by atoms with Crippen LogP contribution in [0.5, 0.6) is 0 Å². The third-order valence-corrected chi connectivity index (χ3v) is 4.31. The first-order valence-corrected chi connectivity index (χ1v) is 8.83. The van der Waals surface area contributed by atoms with Crippen molar-refractivity contribution >= 4 is 22.8 Å². The van der Waals surface area contributed by atoms with Gasteiger partial charge in [-0.2, -0.15) is 5.10 Å². The molecule has 0 fully saturated rings. The summed E-state index contributed by atoms with van der Waals surface area (Å²) in [5.41, 5.74) is 2.02. The number of likely N-dealkylation sites (N-methyl/N-ethyl adjacent to an activating group) is 2. The van der Waals surface area contributed by atoms with Crippen molar-refractivity contribution in [3.05, 3.63) is 23.5 Å². The minimum Gasteiger partial charge on any atom is -0.355 e. The van der Waals surface area contributed by atoms with E-state index in [2.05, 4.69) is 29.2 Å². The predicted molar refractivity (Wildman–Crippen MR) is 97.5 cm³/mol. The summed E-state index contributed by atoms with van der Waals surface area (Å²) < 4.78 is 1.86. The summed E-state index contributed by atoms with van der Waals surface area (Å²) >= 11 is 0. The van der Waals surface area contributed by atoms with Gasteiger partial charge in [0.25, 0.3) is 5.91 Å². The van der Waals surface area contributed by atoms with Crippen LogP contribution in [0.25, 0.3) is 11.0 Å². The number of fused-ring (bicyclic) bond motifs is 1. The van der Waals surface area contributed by atoms with Crippen LogP contribution in [0.4, 0.5) is 0 Å². The van der Waals surface area contributed by atoms with Crippen LogP contribution in [0.15, 0.2) is 12.3 Å². The highest BCUT2D eigenvalue weighted by molar-refractivity contribution is 6.06. The molecular weight excluding hydrogens is 318 g/mol. The Morgan fingerprint density at radius 2 is 2.04 bits per heavy atom. The highest BCUT2D eigenvalue weighted by Crippen LogP contribution is 2.23. The van der Waals surface area contributed by atoms with Crippen LogP contribution < -0.4 is 5.32 Å². The normalized spacial score (nSPS) is 12.2. The van der Waals surface area contributed by atoms with Gasteiger partial charge in [0.15, 0.2) is 5.65 Å². The third-order valence-electron chi connectivity index (χ3n) is 4.31. The first-order valence-electron chi connectivity index (χ1n) is 8.83. The predicted octanol–water partition coefficient (Wildman–Crippen LogP) is 2.31. The lowest BCUT2D eigenvalue weighted by molar-refractivity contribution is -0.121. The Labute approximate surface area is 148 Å². The number of carbonyl (C=O) groups is 2. The van der Waals surface area contributed by atoms with E-state index >= 15 is 0 Å². The molecule has 0 aliphatic carbocycles. The van der Waals surface area contributed by atoms with Crippen molar-refractivity contribution in [1.82, 2.24) is 25.0 Å². The summed E-state index contributed by atoms with van der Waals surface area (Å²) in [7, 11) is 0. The molecule has 136 valence electrons. The molecule has 0 saturated heterocycles. The van der Waals surface area contributed by atoms with Gasteiger partial charge >= 0.3 is 0 Å². The number of hydrogen-bond donors (Lipinski definition) is 1. The molecular formula is C18H27N5O2. The minimum atomic E-state index is -0.173. The number of pyridine rings is 1. The van der Waals surface area contributed by atoms with Crippen LogP contribution in [0.3, 0.4) is 0 Å². The number of carbonyl (C=O) groups excluding carboxylic acids is 2. The molecule has 2 rings (SSSR count). The first-order chi connectivity index (χ1) is 11.9. The van der Waals surface area contributed by atoms with Gasteiger partial charge in [0.1, 0.15) is 0 Å². The first kappa shape index (κ1) is 18.9. The Bertz CT molecular complexity index is 768. The topological polar surface area (TPSA) is 80.1 Å². The fourth-order valence-electron chi connectivity index (χ4n) is 2.74. The summed E-state index contributed by atoms with van der Waals surface area (Å²) in [6.45, 7) is 10.8. The van der Waals surface area contributed by atoms with Gasteiger partial charge in [0, 0.05) is 18.8 Å². The average Bonchev–Trinajstić information content (AvgIpc) is 3.01. The van der Waals surface area contributed by atoms with E-state index in [4.69, 9.17) is 0 Å². The maximum absolute atomic E-state index is 13.0. The zero-order valence-corrected chi connectivity index (χ0v) is 15.7. The number of nitrogens with zero attached hydrogens (tertiary/aromatic N) is 4. The average molecular weight is 345 g/mol. The van der Waals surface area contributed by atoms with Crippen molar-refractivity contribution in [2.24, 2.45) is 0 Å². The van der Waals surface area contributed by atoms with Crippen molar-refractivity contribution in [2.75, 3.05) is 19.6 Å². The molecule has 7 nitrogen and oxygen atoms in total. The summed E-state index contributed by atoms with van der Waals surface area (Å²) in [4.78, 5) is 31.0. The van der Waals surface area contributed by atoms with Gasteiger partial charge in [0.05, 0.1) is 29.7 Å². The maximum atomic E-state index is 13.0. The molecule has 2 amide bonds. The molecule has 0 bridgehead atoms. The number of aromatic nitrogens is 3. The number of rotatable bonds is 7. The number of hydrogen-bond acceptors (Lipinski definition) is 4. The Morgan fingerprint density at radius 1 is 1.32 bits per heavy atom. The van der Waals surface area contributed by atoms with Crippen molar-refractivity contribution < 1.29 is 9.59 Å². The van der Waals surface area contributed by atoms with Gasteiger partial charge in [-0.1, -0.05) is 6.92 Å². The number of nitrogens with one attached hydrogen (secondary N) is 1. The Balaban J connectivity index is 2.43. The van der Waals surface area contributed by atoms with E-state index in [1.54, 1.807) is 17.2 Å². The second-order valence-electron chi connectivity index (χ2n) is 6.17. The van der Waals surface area contributed by atoms with Crippen LogP contribution in [-0.4, -0.2) is 51.1 Å². The SMILES string of the molecule is CCNC(=O)CN(CC)C(=O)c1cc(C)nc2c1cnn2[C@@H](C)CC. The molecule has 25 heavy (non-hydrogen) atoms. The molecule has 2 aromatic heterocycles. The fourth-order valence-corrected chi connectivity index (χ4v) is 2.74. The number of amides is 2. The van der Waals surface area contributed by atoms with E-state index in [1.165, 1.54) is 0 Å². The molecule has 0 unspecified atom stereocenters. The fraction of sp³-hybridized carbons (Fsp3) is 0.556. The summed E-state index contributed by atoms with van der Waals surface area (Å²) in [6, 6.07) is 1.97. The van der Waals surface area contributed by atoms with Crippen LogP contribution in [0.2, 0.25) is 0 Å². The highest BCUT2D eigenvalue weighted by atomic mass is 16.2. The molecule has 0 spiro atoms. The quantitative estimate of drug-likeness (QED) is 0.835. The van der Waals surface area contributed by atoms with Crippen molar-refractivity contribution in [3.63, 3.8) is 0 Å². The van der Waals surface area contributed by atoms with Crippen molar-refractivity contribution in [2.45, 2.75) is 47.1 Å². The smallest absolute Gasteiger partial charge is 0.255 e. The van der Waals surface area contributed by atoms with Crippen LogP contribution in [0, 0.1) is 6.92 Å². The Morgan fingerprint density at radius 3 is 2.64 bits per heavy atom. The van der Waals surface area contributed by atoms with Crippen molar-refractivity contribution in [1.29, 1.82) is 0 Å². The molecule has 0 aliphatic heterocycles. The summed E-state index contributed by atoms with van der Waals surface area (Å²) in [5, 5.41) is 7.89. The molecule has 0 radical (unpaired) electrons. The molecule has 7 heteroatoms. The number of aryl methyl sites for hydroxylation is 1. The minimum absolute atomic E-state index is 0.0472. The monoisotopic (exact) mass is 345 g/mol. The van der Waals surface area contributed by atoms with E-state index in [9.17, 15) is 9.59 Å². The second-order valence-corrected chi connectivity index (χ2v) is 6.17. The lowest BCUT2D eigenvalue weighted by Gasteiger charge is -2.21. The van der Waals surface area contributed by atoms with Crippen LogP contribution in [-0.2, 0) is 4.79 Å². The van der Waals surface area contributed by atoms with Gasteiger partial charge in [-0.05, 0) is 40.2 Å². The Hall–Kier alpha value is -2.44. The van der Waals surface area contributed by atoms with E-state index < -0.39 is 0 Å². The third kappa shape index (κ3) is 3.97. The van der Waals surface area contributed by atoms with Crippen LogP contribution in [0.1, 0.15) is 56.2 Å². The molecule has 2 aromatic rings. The standard InChI is InChI=1S/C18H27N5O2/c1-6-13(5)23-17-15(10-20-23)14(9-12(4)21-17)18(25)22(8-3)11-16(24)19-7-2/h9-10,13H,6-8,11H2,1-5H3,(H,19,24)/t13-/m0/s1. The van der Waals surface area contributed by atoms with E-state index in [0.717, 1.165) is 17.5 Å². The molecule has 1 N–H and O–H groups in total. The van der Waals surface area contributed by atoms with Gasteiger partial charge in [-0.15, -0.1) is 0 Å². The van der Waals surface area contributed by atoms with Gasteiger partial charge in [-0.3, -0.25) is 9.59 Å². The van der Waals surface area contributed by atoms with Crippen LogP contribution >= 0.6 is 0 Å². The highest BCUT2D eigenvalue weighted by Gasteiger charge is 2.22. The lowest BCUT2D eigenvalue weighted by Crippen LogP contribution is -2.40. The Kier molecular flexibility index (Phi) is 6.12. The molecule has 0 saturated carbocycles. The summed E-state index contributed by atoms with van der Waals surface area (Å²) in [6.07, 6.45) is 2.62. The van der Waals surface area contributed by atoms with E-state index in [1.807, 2.05) is 25.5 Å². The zero-order chi connectivity index (χ0) is 18.6. The maximum Gasteiger partial charge on any atom is 0.255 e. The molecule has 2 heterocycles. The second kappa shape index (κ2) is 8.09. The largest absolute Gasteiger partial charge is 0.355 e. The van der Waals surface area contributed by atoms with Gasteiger partial charge in [0.2, 0.25) is 5.91 Å². The summed E-state index contributed by atoms with van der Waals surface area (Å²) in [5.74, 6) is -0.331. The van der Waals surface area contributed by atoms with E-state index in [0.29, 0.717) is 24.3 Å². The zero-order valence-electron chi connectivity index (χ0n) is 15.7. The van der Waals surface area contributed by atoms with Gasteiger partial charge < -0.3 is 10.2 Å². The van der Waals surface area contributed by atoms with Gasteiger partial charge in [-0.25, -0.2) is 9.67 Å². The van der Waals surface area contributed by atoms with E-state index in [-0.39, 0.29) is 24.4 Å². The molecule has 1 atom stereocenters. The molecule has 0 aromatic carbocycles. The lowest BCUT2D eigenvalue weighted by atomic mass is 10.1. The van der Waals surface area contributed by atoms with Crippen molar-refractivity contribution in [3.8, 4) is 0 Å².